The number of dihydropyridines is 1. The minimum absolute atomic E-state index is 0.0842. The van der Waals surface area contributed by atoms with Gasteiger partial charge in [-0.25, -0.2) is 8.78 Å². The van der Waals surface area contributed by atoms with Gasteiger partial charge < -0.3 is 10.1 Å². The van der Waals surface area contributed by atoms with Gasteiger partial charge in [0.25, 0.3) is 0 Å². The van der Waals surface area contributed by atoms with Gasteiger partial charge in [-0.05, 0) is 18.2 Å². The lowest BCUT2D eigenvalue weighted by Gasteiger charge is -2.14. The smallest absolute Gasteiger partial charge is 0.132 e. The number of hydrogen-bond donors (Lipinski definition) is 1. The minimum atomic E-state index is -0.615. The molecule has 17 heavy (non-hydrogen) atoms. The van der Waals surface area contributed by atoms with Crippen molar-refractivity contribution in [2.24, 2.45) is 0 Å². The van der Waals surface area contributed by atoms with Crippen LogP contribution in [0.3, 0.4) is 0 Å². The molecule has 0 radical (unpaired) electrons. The largest absolute Gasteiger partial charge is 0.491 e. The van der Waals surface area contributed by atoms with E-state index < -0.39 is 11.6 Å². The van der Waals surface area contributed by atoms with Gasteiger partial charge in [0.2, 0.25) is 0 Å². The van der Waals surface area contributed by atoms with Crippen LogP contribution in [0.5, 0.6) is 0 Å². The van der Waals surface area contributed by atoms with Crippen molar-refractivity contribution in [3.8, 4) is 0 Å². The van der Waals surface area contributed by atoms with Gasteiger partial charge in [0.15, 0.2) is 0 Å². The molecule has 0 bridgehead atoms. The molecule has 1 aromatic rings. The van der Waals surface area contributed by atoms with E-state index in [1.807, 2.05) is 0 Å². The van der Waals surface area contributed by atoms with E-state index in [0.29, 0.717) is 17.3 Å². The molecule has 0 atom stereocenters. The summed E-state index contributed by atoms with van der Waals surface area (Å²) < 4.78 is 31.9. The Morgan fingerprint density at radius 2 is 2.00 bits per heavy atom. The first-order chi connectivity index (χ1) is 8.16. The summed E-state index contributed by atoms with van der Waals surface area (Å²) in [5.41, 5.74) is -0.0842. The molecule has 0 aromatic heterocycles. The first-order valence-corrected chi connectivity index (χ1v) is 5.40. The maximum absolute atomic E-state index is 13.3. The SMILES string of the molecule is Fc1cccc(F)c1COC1=CC(Cl)=CNC1. The van der Waals surface area contributed by atoms with E-state index in [4.69, 9.17) is 16.3 Å². The lowest BCUT2D eigenvalue weighted by atomic mass is 10.2. The number of halogens is 3. The zero-order chi connectivity index (χ0) is 12.3. The van der Waals surface area contributed by atoms with Crippen LogP contribution < -0.4 is 5.32 Å². The van der Waals surface area contributed by atoms with Crippen LogP contribution in [0.4, 0.5) is 8.78 Å². The fourth-order valence-corrected chi connectivity index (χ4v) is 1.62. The van der Waals surface area contributed by atoms with Gasteiger partial charge in [-0.2, -0.15) is 0 Å². The van der Waals surface area contributed by atoms with Gasteiger partial charge in [0.05, 0.1) is 17.1 Å². The summed E-state index contributed by atoms with van der Waals surface area (Å²) in [7, 11) is 0. The molecule has 2 rings (SSSR count). The van der Waals surface area contributed by atoms with Crippen molar-refractivity contribution in [2.75, 3.05) is 6.54 Å². The molecule has 0 saturated heterocycles. The van der Waals surface area contributed by atoms with Crippen LogP contribution in [0.1, 0.15) is 5.56 Å². The zero-order valence-corrected chi connectivity index (χ0v) is 9.60. The van der Waals surface area contributed by atoms with Crippen molar-refractivity contribution < 1.29 is 13.5 Å². The summed E-state index contributed by atoms with van der Waals surface area (Å²) in [6, 6.07) is 3.71. The molecule has 0 amide bonds. The van der Waals surface area contributed by atoms with Crippen LogP contribution in [0.15, 0.2) is 41.3 Å². The summed E-state index contributed by atoms with van der Waals surface area (Å²) in [5.74, 6) is -0.688. The third kappa shape index (κ3) is 2.97. The van der Waals surface area contributed by atoms with Crippen LogP contribution in [0, 0.1) is 11.6 Å². The van der Waals surface area contributed by atoms with Gasteiger partial charge in [0, 0.05) is 6.20 Å². The maximum Gasteiger partial charge on any atom is 0.132 e. The van der Waals surface area contributed by atoms with Gasteiger partial charge in [-0.15, -0.1) is 0 Å². The molecule has 1 aromatic carbocycles. The molecule has 0 aliphatic carbocycles. The Bertz CT molecular complexity index is 465. The van der Waals surface area contributed by atoms with E-state index in [-0.39, 0.29) is 12.2 Å². The maximum atomic E-state index is 13.3. The average molecular weight is 258 g/mol. The molecule has 90 valence electrons. The van der Waals surface area contributed by atoms with E-state index in [1.54, 1.807) is 12.3 Å². The van der Waals surface area contributed by atoms with Crippen molar-refractivity contribution in [3.05, 3.63) is 58.5 Å². The highest BCUT2D eigenvalue weighted by Gasteiger charge is 2.11. The summed E-state index contributed by atoms with van der Waals surface area (Å²) in [6.07, 6.45) is 3.23. The fourth-order valence-electron chi connectivity index (χ4n) is 1.42. The molecule has 0 unspecified atom stereocenters. The van der Waals surface area contributed by atoms with Gasteiger partial charge in [0.1, 0.15) is 24.0 Å². The number of hydrogen-bond acceptors (Lipinski definition) is 2. The third-order valence-electron chi connectivity index (χ3n) is 2.28. The number of nitrogens with one attached hydrogen (secondary N) is 1. The number of ether oxygens (including phenoxy) is 1. The molecule has 5 heteroatoms. The average Bonchev–Trinajstić information content (AvgIpc) is 2.28. The van der Waals surface area contributed by atoms with Crippen molar-refractivity contribution in [2.45, 2.75) is 6.61 Å². The quantitative estimate of drug-likeness (QED) is 0.899. The lowest BCUT2D eigenvalue weighted by Crippen LogP contribution is -2.16. The van der Waals surface area contributed by atoms with Gasteiger partial charge in [-0.3, -0.25) is 0 Å². The number of rotatable bonds is 3. The first-order valence-electron chi connectivity index (χ1n) is 5.02. The van der Waals surface area contributed by atoms with Gasteiger partial charge >= 0.3 is 0 Å². The van der Waals surface area contributed by atoms with Crippen LogP contribution in [-0.4, -0.2) is 6.54 Å². The minimum Gasteiger partial charge on any atom is -0.491 e. The van der Waals surface area contributed by atoms with E-state index in [0.717, 1.165) is 0 Å². The van der Waals surface area contributed by atoms with Crippen molar-refractivity contribution in [3.63, 3.8) is 0 Å². The van der Waals surface area contributed by atoms with Crippen LogP contribution >= 0.6 is 11.6 Å². The van der Waals surface area contributed by atoms with Crippen molar-refractivity contribution in [1.82, 2.24) is 5.32 Å². The van der Waals surface area contributed by atoms with Crippen molar-refractivity contribution >= 4 is 11.6 Å². The second-order valence-electron chi connectivity index (χ2n) is 3.51. The highest BCUT2D eigenvalue weighted by Crippen LogP contribution is 2.17. The zero-order valence-electron chi connectivity index (χ0n) is 8.84. The van der Waals surface area contributed by atoms with E-state index in [2.05, 4.69) is 5.32 Å². The third-order valence-corrected chi connectivity index (χ3v) is 2.50. The predicted molar refractivity (Wildman–Crippen MR) is 61.2 cm³/mol. The predicted octanol–water partition coefficient (Wildman–Crippen LogP) is 3.05. The molecule has 0 spiro atoms. The van der Waals surface area contributed by atoms with E-state index >= 15 is 0 Å². The van der Waals surface area contributed by atoms with E-state index in [9.17, 15) is 8.78 Å². The molecular weight excluding hydrogens is 248 g/mol. The standard InChI is InChI=1S/C12H10ClF2NO/c13-8-4-9(6-16-5-8)17-7-10-11(14)2-1-3-12(10)15/h1-5,16H,6-7H2. The lowest BCUT2D eigenvalue weighted by molar-refractivity contribution is 0.185. The Hall–Kier alpha value is -1.55. The number of allylic oxidation sites excluding steroid dienone is 2. The molecule has 0 saturated carbocycles. The summed E-state index contributed by atoms with van der Waals surface area (Å²) in [4.78, 5) is 0. The monoisotopic (exact) mass is 257 g/mol. The molecular formula is C12H10ClF2NO. The summed E-state index contributed by atoms with van der Waals surface area (Å²) in [5, 5.41) is 3.36. The molecule has 1 heterocycles. The molecule has 1 aliphatic rings. The molecule has 0 fully saturated rings. The second kappa shape index (κ2) is 5.19. The van der Waals surface area contributed by atoms with Crippen LogP contribution in [-0.2, 0) is 11.3 Å². The topological polar surface area (TPSA) is 21.3 Å². The highest BCUT2D eigenvalue weighted by molar-refractivity contribution is 6.31. The molecule has 1 N–H and O–H groups in total. The van der Waals surface area contributed by atoms with Gasteiger partial charge in [-0.1, -0.05) is 17.7 Å². The Morgan fingerprint density at radius 3 is 2.65 bits per heavy atom. The fraction of sp³-hybridized carbons (Fsp3) is 0.167. The van der Waals surface area contributed by atoms with Crippen molar-refractivity contribution in [1.29, 1.82) is 0 Å². The van der Waals surface area contributed by atoms with Crippen LogP contribution in [0.2, 0.25) is 0 Å². The summed E-state index contributed by atoms with van der Waals surface area (Å²) in [6.45, 7) is 0.294. The summed E-state index contributed by atoms with van der Waals surface area (Å²) >= 11 is 5.75. The normalized spacial score (nSPS) is 14.8. The van der Waals surface area contributed by atoms with E-state index in [1.165, 1.54) is 18.2 Å². The Kier molecular flexibility index (Phi) is 3.64. The first kappa shape index (κ1) is 11.9. The molecule has 1 aliphatic heterocycles. The Labute approximate surface area is 103 Å². The second-order valence-corrected chi connectivity index (χ2v) is 3.95. The Morgan fingerprint density at radius 1 is 1.29 bits per heavy atom. The number of benzene rings is 1. The molecule has 2 nitrogen and oxygen atoms in total. The Balaban J connectivity index is 2.05. The van der Waals surface area contributed by atoms with Crippen LogP contribution in [0.25, 0.3) is 0 Å². The highest BCUT2D eigenvalue weighted by atomic mass is 35.5.